The van der Waals surface area contributed by atoms with E-state index in [0.29, 0.717) is 16.1 Å². The molecule has 0 bridgehead atoms. The Morgan fingerprint density at radius 2 is 1.85 bits per heavy atom. The highest BCUT2D eigenvalue weighted by Gasteiger charge is 2.30. The molecule has 0 saturated heterocycles. The zero-order chi connectivity index (χ0) is 14.1. The molecule has 0 unspecified atom stereocenters. The van der Waals surface area contributed by atoms with E-state index in [1.165, 1.54) is 11.1 Å². The van der Waals surface area contributed by atoms with Gasteiger partial charge in [-0.15, -0.1) is 0 Å². The third kappa shape index (κ3) is 2.51. The summed E-state index contributed by atoms with van der Waals surface area (Å²) in [5.41, 5.74) is 3.73. The van der Waals surface area contributed by atoms with Crippen LogP contribution in [0.25, 0.3) is 0 Å². The second-order valence-corrected chi connectivity index (χ2v) is 5.86. The van der Waals surface area contributed by atoms with Gasteiger partial charge in [0.05, 0.1) is 16.1 Å². The maximum Gasteiger partial charge on any atom is 0.0672 e. The fourth-order valence-electron chi connectivity index (χ4n) is 2.81. The van der Waals surface area contributed by atoms with Gasteiger partial charge in [0.2, 0.25) is 0 Å². The molecule has 1 aliphatic carbocycles. The molecule has 2 N–H and O–H groups in total. The lowest BCUT2D eigenvalue weighted by Crippen LogP contribution is -2.33. The van der Waals surface area contributed by atoms with E-state index >= 15 is 0 Å². The fraction of sp³-hybridized carbons (Fsp3) is 0.250. The minimum Gasteiger partial charge on any atom is -0.377 e. The van der Waals surface area contributed by atoms with Crippen LogP contribution in [0.3, 0.4) is 0 Å². The number of anilines is 1. The third-order valence-corrected chi connectivity index (χ3v) is 4.58. The van der Waals surface area contributed by atoms with Crippen LogP contribution in [0.15, 0.2) is 42.5 Å². The molecule has 0 aromatic heterocycles. The standard InChI is InChI=1S/C16H16Cl2N2/c1-19-15-8-10-4-2-3-5-12(10)16(15)20-11-6-7-13(17)14(18)9-11/h2-7,9,15-16,19-20H,8H2,1H3/t15-,16-/m1/s1. The van der Waals surface area contributed by atoms with Crippen molar-refractivity contribution in [2.45, 2.75) is 18.5 Å². The van der Waals surface area contributed by atoms with Crippen molar-refractivity contribution in [3.8, 4) is 0 Å². The summed E-state index contributed by atoms with van der Waals surface area (Å²) in [4.78, 5) is 0. The molecule has 20 heavy (non-hydrogen) atoms. The molecule has 2 atom stereocenters. The van der Waals surface area contributed by atoms with E-state index in [1.807, 2.05) is 25.2 Å². The van der Waals surface area contributed by atoms with Crippen LogP contribution in [0.1, 0.15) is 17.2 Å². The lowest BCUT2D eigenvalue weighted by Gasteiger charge is -2.23. The van der Waals surface area contributed by atoms with E-state index in [2.05, 4.69) is 34.9 Å². The second kappa shape index (κ2) is 5.65. The van der Waals surface area contributed by atoms with Crippen molar-refractivity contribution in [1.82, 2.24) is 5.32 Å². The monoisotopic (exact) mass is 306 g/mol. The van der Waals surface area contributed by atoms with Gasteiger partial charge in [-0.3, -0.25) is 0 Å². The molecule has 0 heterocycles. The van der Waals surface area contributed by atoms with Crippen molar-refractivity contribution in [3.63, 3.8) is 0 Å². The molecule has 2 nitrogen and oxygen atoms in total. The molecule has 3 rings (SSSR count). The minimum absolute atomic E-state index is 0.244. The molecule has 104 valence electrons. The zero-order valence-electron chi connectivity index (χ0n) is 11.2. The molecule has 2 aromatic carbocycles. The average Bonchev–Trinajstić information content (AvgIpc) is 2.81. The van der Waals surface area contributed by atoms with Gasteiger partial charge in [-0.2, -0.15) is 0 Å². The number of hydrogen-bond donors (Lipinski definition) is 2. The first-order valence-corrected chi connectivity index (χ1v) is 7.41. The van der Waals surface area contributed by atoms with E-state index < -0.39 is 0 Å². The summed E-state index contributed by atoms with van der Waals surface area (Å²) >= 11 is 12.0. The topological polar surface area (TPSA) is 24.1 Å². The molecule has 0 aliphatic heterocycles. The predicted octanol–water partition coefficient (Wildman–Crippen LogP) is 4.29. The van der Waals surface area contributed by atoms with Crippen molar-refractivity contribution < 1.29 is 0 Å². The number of likely N-dealkylation sites (N-methyl/N-ethyl adjacent to an activating group) is 1. The van der Waals surface area contributed by atoms with Crippen LogP contribution in [0.2, 0.25) is 10.0 Å². The van der Waals surface area contributed by atoms with Crippen LogP contribution in [0, 0.1) is 0 Å². The molecule has 0 radical (unpaired) electrons. The summed E-state index contributed by atoms with van der Waals surface area (Å²) in [6.07, 6.45) is 1.03. The van der Waals surface area contributed by atoms with Crippen molar-refractivity contribution >= 4 is 28.9 Å². The van der Waals surface area contributed by atoms with Crippen LogP contribution in [-0.4, -0.2) is 13.1 Å². The summed E-state index contributed by atoms with van der Waals surface area (Å²) in [6, 6.07) is 14.8. The highest BCUT2D eigenvalue weighted by Crippen LogP contribution is 2.35. The number of hydrogen-bond acceptors (Lipinski definition) is 2. The Hall–Kier alpha value is -1.22. The quantitative estimate of drug-likeness (QED) is 0.884. The van der Waals surface area contributed by atoms with Crippen molar-refractivity contribution in [2.24, 2.45) is 0 Å². The number of rotatable bonds is 3. The fourth-order valence-corrected chi connectivity index (χ4v) is 3.11. The Labute approximate surface area is 129 Å². The smallest absolute Gasteiger partial charge is 0.0672 e. The molecule has 0 fully saturated rings. The van der Waals surface area contributed by atoms with Crippen molar-refractivity contribution in [3.05, 3.63) is 63.6 Å². The van der Waals surface area contributed by atoms with Crippen LogP contribution in [0.4, 0.5) is 5.69 Å². The third-order valence-electron chi connectivity index (χ3n) is 3.84. The maximum atomic E-state index is 6.08. The average molecular weight is 307 g/mol. The number of halogens is 2. The summed E-state index contributed by atoms with van der Waals surface area (Å²) < 4.78 is 0. The van der Waals surface area contributed by atoms with Crippen LogP contribution < -0.4 is 10.6 Å². The van der Waals surface area contributed by atoms with Gasteiger partial charge in [0, 0.05) is 11.7 Å². The SMILES string of the molecule is CN[C@@H]1Cc2ccccc2[C@H]1Nc1ccc(Cl)c(Cl)c1. The van der Waals surface area contributed by atoms with Crippen LogP contribution in [-0.2, 0) is 6.42 Å². The second-order valence-electron chi connectivity index (χ2n) is 5.05. The normalized spacial score (nSPS) is 20.8. The van der Waals surface area contributed by atoms with Crippen LogP contribution >= 0.6 is 23.2 Å². The van der Waals surface area contributed by atoms with E-state index in [4.69, 9.17) is 23.2 Å². The Bertz CT molecular complexity index is 628. The maximum absolute atomic E-state index is 6.08. The Morgan fingerprint density at radius 3 is 2.60 bits per heavy atom. The molecule has 0 saturated carbocycles. The lowest BCUT2D eigenvalue weighted by molar-refractivity contribution is 0.529. The number of benzene rings is 2. The molecular formula is C16H16Cl2N2. The molecule has 2 aromatic rings. The molecular weight excluding hydrogens is 291 g/mol. The summed E-state index contributed by atoms with van der Waals surface area (Å²) in [6.45, 7) is 0. The zero-order valence-corrected chi connectivity index (χ0v) is 12.7. The van der Waals surface area contributed by atoms with Crippen LogP contribution in [0.5, 0.6) is 0 Å². The number of fused-ring (bicyclic) bond motifs is 1. The first-order chi connectivity index (χ1) is 9.69. The molecule has 4 heteroatoms. The molecule has 0 spiro atoms. The first kappa shape index (κ1) is 13.7. The Kier molecular flexibility index (Phi) is 3.88. The van der Waals surface area contributed by atoms with Crippen molar-refractivity contribution in [1.29, 1.82) is 0 Å². The van der Waals surface area contributed by atoms with Gasteiger partial charge in [0.15, 0.2) is 0 Å². The van der Waals surface area contributed by atoms with Gasteiger partial charge in [-0.05, 0) is 42.8 Å². The van der Waals surface area contributed by atoms with E-state index in [0.717, 1.165) is 12.1 Å². The molecule has 1 aliphatic rings. The van der Waals surface area contributed by atoms with Gasteiger partial charge < -0.3 is 10.6 Å². The summed E-state index contributed by atoms with van der Waals surface area (Å²) in [5.74, 6) is 0. The summed E-state index contributed by atoms with van der Waals surface area (Å²) in [5, 5.41) is 8.10. The first-order valence-electron chi connectivity index (χ1n) is 6.65. The van der Waals surface area contributed by atoms with Gasteiger partial charge in [-0.1, -0.05) is 47.5 Å². The predicted molar refractivity (Wildman–Crippen MR) is 85.8 cm³/mol. The molecule has 0 amide bonds. The van der Waals surface area contributed by atoms with Gasteiger partial charge in [0.1, 0.15) is 0 Å². The Balaban J connectivity index is 1.90. The minimum atomic E-state index is 0.244. The van der Waals surface area contributed by atoms with Gasteiger partial charge in [-0.25, -0.2) is 0 Å². The largest absolute Gasteiger partial charge is 0.377 e. The Morgan fingerprint density at radius 1 is 1.05 bits per heavy atom. The van der Waals surface area contributed by atoms with E-state index in [9.17, 15) is 0 Å². The van der Waals surface area contributed by atoms with Crippen molar-refractivity contribution in [2.75, 3.05) is 12.4 Å². The summed E-state index contributed by atoms with van der Waals surface area (Å²) in [7, 11) is 2.00. The van der Waals surface area contributed by atoms with E-state index in [1.54, 1.807) is 0 Å². The highest BCUT2D eigenvalue weighted by atomic mass is 35.5. The highest BCUT2D eigenvalue weighted by molar-refractivity contribution is 6.42. The van der Waals surface area contributed by atoms with Gasteiger partial charge in [0.25, 0.3) is 0 Å². The number of nitrogens with one attached hydrogen (secondary N) is 2. The van der Waals surface area contributed by atoms with Gasteiger partial charge >= 0.3 is 0 Å². The lowest BCUT2D eigenvalue weighted by atomic mass is 10.1. The van der Waals surface area contributed by atoms with E-state index in [-0.39, 0.29) is 6.04 Å².